The number of hydrogen-bond donors (Lipinski definition) is 3. The zero-order valence-corrected chi connectivity index (χ0v) is 8.78. The molecule has 0 saturated carbocycles. The largest absolute Gasteiger partial charge is 0.478 e. The third-order valence-electron chi connectivity index (χ3n) is 1.54. The molecule has 84 valence electrons. The van der Waals surface area contributed by atoms with Crippen molar-refractivity contribution in [1.29, 1.82) is 0 Å². The van der Waals surface area contributed by atoms with E-state index >= 15 is 0 Å². The van der Waals surface area contributed by atoms with Crippen molar-refractivity contribution < 1.29 is 19.5 Å². The topological polar surface area (TPSA) is 109 Å². The third kappa shape index (κ3) is 3.21. The predicted molar refractivity (Wildman–Crippen MR) is 58.2 cm³/mol. The lowest BCUT2D eigenvalue weighted by Crippen LogP contribution is -2.15. The van der Waals surface area contributed by atoms with E-state index in [1.807, 2.05) is 0 Å². The molecule has 0 saturated heterocycles. The van der Waals surface area contributed by atoms with Crippen LogP contribution in [0.3, 0.4) is 0 Å². The minimum atomic E-state index is -1.23. The molecule has 1 aromatic rings. The molecule has 0 aliphatic rings. The molecule has 1 rings (SSSR count). The molecule has 6 nitrogen and oxygen atoms in total. The highest BCUT2D eigenvalue weighted by molar-refractivity contribution is 7.14. The molecule has 0 aliphatic heterocycles. The van der Waals surface area contributed by atoms with Crippen molar-refractivity contribution in [3.63, 3.8) is 0 Å². The smallest absolute Gasteiger partial charge is 0.328 e. The molecule has 0 aliphatic carbocycles. The summed E-state index contributed by atoms with van der Waals surface area (Å²) in [5.41, 5.74) is 5.26. The van der Waals surface area contributed by atoms with Gasteiger partial charge in [0.25, 0.3) is 5.91 Å². The van der Waals surface area contributed by atoms with Crippen molar-refractivity contribution in [1.82, 2.24) is 0 Å². The standard InChI is InChI=1S/C9H8N2O4S/c10-8(15)5-3-4-16-9(5)11-6(12)1-2-7(13)14/h1-4H,(H2,10,15)(H,11,12)(H,13,14)/b2-1+. The van der Waals surface area contributed by atoms with Crippen LogP contribution in [0.15, 0.2) is 23.6 Å². The van der Waals surface area contributed by atoms with Crippen LogP contribution in [0.2, 0.25) is 0 Å². The van der Waals surface area contributed by atoms with E-state index in [4.69, 9.17) is 10.8 Å². The van der Waals surface area contributed by atoms with Gasteiger partial charge >= 0.3 is 5.97 Å². The van der Waals surface area contributed by atoms with Gasteiger partial charge in [-0.3, -0.25) is 9.59 Å². The minimum Gasteiger partial charge on any atom is -0.478 e. The Bertz CT molecular complexity index is 464. The van der Waals surface area contributed by atoms with Crippen LogP contribution in [0, 0.1) is 0 Å². The number of anilines is 1. The van der Waals surface area contributed by atoms with E-state index in [1.165, 1.54) is 6.07 Å². The zero-order chi connectivity index (χ0) is 12.1. The monoisotopic (exact) mass is 240 g/mol. The second-order valence-corrected chi connectivity index (χ2v) is 3.60. The lowest BCUT2D eigenvalue weighted by Gasteiger charge is -2.00. The van der Waals surface area contributed by atoms with E-state index < -0.39 is 17.8 Å². The Kier molecular flexibility index (Phi) is 3.78. The second-order valence-electron chi connectivity index (χ2n) is 2.69. The Hall–Kier alpha value is -2.15. The fourth-order valence-electron chi connectivity index (χ4n) is 0.901. The Morgan fingerprint density at radius 3 is 2.62 bits per heavy atom. The maximum atomic E-state index is 11.2. The summed E-state index contributed by atoms with van der Waals surface area (Å²) in [6.45, 7) is 0. The molecule has 0 fully saturated rings. The van der Waals surface area contributed by atoms with Gasteiger partial charge in [-0.2, -0.15) is 0 Å². The number of carboxylic acid groups (broad SMARTS) is 1. The van der Waals surface area contributed by atoms with Crippen LogP contribution >= 0.6 is 11.3 Å². The van der Waals surface area contributed by atoms with E-state index in [1.54, 1.807) is 5.38 Å². The molecule has 7 heteroatoms. The molecule has 0 aromatic carbocycles. The average molecular weight is 240 g/mol. The molecule has 16 heavy (non-hydrogen) atoms. The number of nitrogens with one attached hydrogen (secondary N) is 1. The van der Waals surface area contributed by atoms with Crippen LogP contribution < -0.4 is 11.1 Å². The molecular formula is C9H8N2O4S. The van der Waals surface area contributed by atoms with Gasteiger partial charge in [0, 0.05) is 12.2 Å². The maximum Gasteiger partial charge on any atom is 0.328 e. The summed E-state index contributed by atoms with van der Waals surface area (Å²) in [6, 6.07) is 1.48. The van der Waals surface area contributed by atoms with E-state index in [2.05, 4.69) is 5.32 Å². The molecule has 2 amide bonds. The Morgan fingerprint density at radius 2 is 2.06 bits per heavy atom. The highest BCUT2D eigenvalue weighted by atomic mass is 32.1. The van der Waals surface area contributed by atoms with Crippen molar-refractivity contribution in [2.75, 3.05) is 5.32 Å². The fourth-order valence-corrected chi connectivity index (χ4v) is 1.70. The Morgan fingerprint density at radius 1 is 1.38 bits per heavy atom. The van der Waals surface area contributed by atoms with Gasteiger partial charge in [-0.05, 0) is 11.4 Å². The van der Waals surface area contributed by atoms with Gasteiger partial charge in [0.2, 0.25) is 5.91 Å². The molecular weight excluding hydrogens is 232 g/mol. The molecule has 0 spiro atoms. The molecule has 0 radical (unpaired) electrons. The highest BCUT2D eigenvalue weighted by Gasteiger charge is 2.10. The van der Waals surface area contributed by atoms with Gasteiger partial charge in [-0.1, -0.05) is 0 Å². The SMILES string of the molecule is NC(=O)c1ccsc1NC(=O)/C=C/C(=O)O. The summed E-state index contributed by atoms with van der Waals surface area (Å²) in [5, 5.41) is 12.5. The van der Waals surface area contributed by atoms with E-state index in [0.29, 0.717) is 11.1 Å². The summed E-state index contributed by atoms with van der Waals surface area (Å²) in [4.78, 5) is 32.2. The minimum absolute atomic E-state index is 0.196. The van der Waals surface area contributed by atoms with Crippen molar-refractivity contribution in [2.24, 2.45) is 5.73 Å². The maximum absolute atomic E-state index is 11.2. The summed E-state index contributed by atoms with van der Waals surface area (Å²) in [6.07, 6.45) is 1.56. The van der Waals surface area contributed by atoms with Crippen molar-refractivity contribution in [3.05, 3.63) is 29.2 Å². The number of carbonyl (C=O) groups is 3. The number of aliphatic carboxylic acids is 1. The van der Waals surface area contributed by atoms with Crippen LogP contribution in [0.4, 0.5) is 5.00 Å². The van der Waals surface area contributed by atoms with Crippen molar-refractivity contribution in [2.45, 2.75) is 0 Å². The number of hydrogen-bond acceptors (Lipinski definition) is 4. The van der Waals surface area contributed by atoms with Crippen molar-refractivity contribution >= 4 is 34.1 Å². The van der Waals surface area contributed by atoms with Crippen molar-refractivity contribution in [3.8, 4) is 0 Å². The van der Waals surface area contributed by atoms with Crippen LogP contribution in [0.25, 0.3) is 0 Å². The molecule has 1 aromatic heterocycles. The lowest BCUT2D eigenvalue weighted by atomic mass is 10.3. The normalized spacial score (nSPS) is 10.2. The second kappa shape index (κ2) is 5.08. The first-order valence-electron chi connectivity index (χ1n) is 4.10. The Labute approximate surface area is 94.4 Å². The Balaban J connectivity index is 2.73. The van der Waals surface area contributed by atoms with Crippen LogP contribution in [-0.2, 0) is 9.59 Å². The van der Waals surface area contributed by atoms with Gasteiger partial charge in [0.05, 0.1) is 5.56 Å². The first-order chi connectivity index (χ1) is 7.50. The average Bonchev–Trinajstić information content (AvgIpc) is 2.62. The van der Waals surface area contributed by atoms with Crippen LogP contribution in [0.1, 0.15) is 10.4 Å². The third-order valence-corrected chi connectivity index (χ3v) is 2.37. The predicted octanol–water partition coefficient (Wildman–Crippen LogP) is 0.426. The van der Waals surface area contributed by atoms with Gasteiger partial charge in [0.1, 0.15) is 5.00 Å². The summed E-state index contributed by atoms with van der Waals surface area (Å²) >= 11 is 1.13. The zero-order valence-electron chi connectivity index (χ0n) is 7.97. The van der Waals surface area contributed by atoms with Gasteiger partial charge < -0.3 is 16.2 Å². The van der Waals surface area contributed by atoms with Gasteiger partial charge in [-0.25, -0.2) is 4.79 Å². The van der Waals surface area contributed by atoms with Crippen LogP contribution in [-0.4, -0.2) is 22.9 Å². The van der Waals surface area contributed by atoms with E-state index in [9.17, 15) is 14.4 Å². The number of amides is 2. The number of nitrogens with two attached hydrogens (primary N) is 1. The molecule has 0 bridgehead atoms. The number of carbonyl (C=O) groups excluding carboxylic acids is 2. The summed E-state index contributed by atoms with van der Waals surface area (Å²) in [5.74, 6) is -2.51. The number of primary amides is 1. The molecule has 0 unspecified atom stereocenters. The molecule has 4 N–H and O–H groups in total. The molecule has 1 heterocycles. The first kappa shape index (κ1) is 11.9. The van der Waals surface area contributed by atoms with E-state index in [-0.39, 0.29) is 5.56 Å². The first-order valence-corrected chi connectivity index (χ1v) is 4.98. The fraction of sp³-hybridized carbons (Fsp3) is 0. The van der Waals surface area contributed by atoms with E-state index in [0.717, 1.165) is 17.4 Å². The molecule has 0 atom stereocenters. The van der Waals surface area contributed by atoms with Gasteiger partial charge in [0.15, 0.2) is 0 Å². The number of rotatable bonds is 4. The number of carboxylic acids is 1. The summed E-state index contributed by atoms with van der Waals surface area (Å²) < 4.78 is 0. The quantitative estimate of drug-likeness (QED) is 0.662. The lowest BCUT2D eigenvalue weighted by molar-refractivity contribution is -0.131. The van der Waals surface area contributed by atoms with Gasteiger partial charge in [-0.15, -0.1) is 11.3 Å². The number of thiophene rings is 1. The summed E-state index contributed by atoms with van der Waals surface area (Å²) in [7, 11) is 0. The highest BCUT2D eigenvalue weighted by Crippen LogP contribution is 2.22. The van der Waals surface area contributed by atoms with Crippen LogP contribution in [0.5, 0.6) is 0 Å².